The first-order chi connectivity index (χ1) is 8.79. The normalized spacial score (nSPS) is 14.9. The molecule has 0 saturated heterocycles. The molecule has 0 unspecified atom stereocenters. The molecule has 2 aromatic rings. The van der Waals surface area contributed by atoms with Crippen LogP contribution in [0.15, 0.2) is 18.2 Å². The van der Waals surface area contributed by atoms with E-state index >= 15 is 0 Å². The monoisotopic (exact) mass is 263 g/mol. The Morgan fingerprint density at radius 2 is 2.28 bits per heavy atom. The van der Waals surface area contributed by atoms with E-state index in [9.17, 15) is 0 Å². The molecule has 0 spiro atoms. The minimum atomic E-state index is 0.596. The fraction of sp³-hybridized carbons (Fsp3) is 0.462. The molecule has 0 bridgehead atoms. The van der Waals surface area contributed by atoms with Crippen molar-refractivity contribution >= 4 is 11.3 Å². The Kier molecular flexibility index (Phi) is 3.34. The van der Waals surface area contributed by atoms with Gasteiger partial charge in [-0.3, -0.25) is 5.10 Å². The van der Waals surface area contributed by atoms with Crippen molar-refractivity contribution in [3.05, 3.63) is 33.6 Å². The molecule has 1 fully saturated rings. The Hall–Kier alpha value is -1.33. The maximum absolute atomic E-state index is 5.61. The number of H-pyrrole nitrogens is 1. The van der Waals surface area contributed by atoms with Crippen LogP contribution in [0.1, 0.15) is 28.3 Å². The predicted octanol–water partition coefficient (Wildman–Crippen LogP) is 2.61. The van der Waals surface area contributed by atoms with Crippen molar-refractivity contribution in [2.75, 3.05) is 0 Å². The molecule has 0 amide bonds. The fourth-order valence-corrected chi connectivity index (χ4v) is 2.62. The zero-order valence-corrected chi connectivity index (χ0v) is 11.2. The molecule has 0 aliphatic heterocycles. The Morgan fingerprint density at radius 3 is 3.00 bits per heavy atom. The highest BCUT2D eigenvalue weighted by molar-refractivity contribution is 7.11. The topological polar surface area (TPSA) is 49.9 Å². The molecule has 18 heavy (non-hydrogen) atoms. The number of rotatable bonds is 6. The van der Waals surface area contributed by atoms with Gasteiger partial charge >= 0.3 is 0 Å². The molecule has 2 aromatic heterocycles. The molecule has 96 valence electrons. The zero-order valence-electron chi connectivity index (χ0n) is 10.4. The van der Waals surface area contributed by atoms with Crippen LogP contribution in [-0.2, 0) is 13.2 Å². The summed E-state index contributed by atoms with van der Waals surface area (Å²) in [6.45, 7) is 3.54. The number of aromatic amines is 1. The molecule has 2 N–H and O–H groups in total. The quantitative estimate of drug-likeness (QED) is 0.842. The average Bonchev–Trinajstić information content (AvgIpc) is 2.93. The Morgan fingerprint density at radius 1 is 1.44 bits per heavy atom. The third kappa shape index (κ3) is 3.11. The molecule has 5 heteroatoms. The summed E-state index contributed by atoms with van der Waals surface area (Å²) in [4.78, 5) is 2.61. The van der Waals surface area contributed by atoms with Crippen molar-refractivity contribution in [2.24, 2.45) is 0 Å². The summed E-state index contributed by atoms with van der Waals surface area (Å²) in [5.74, 6) is 0.665. The van der Waals surface area contributed by atoms with Gasteiger partial charge in [-0.15, -0.1) is 16.4 Å². The molecule has 1 aliphatic carbocycles. The van der Waals surface area contributed by atoms with Crippen molar-refractivity contribution in [1.82, 2.24) is 15.5 Å². The number of thiophene rings is 1. The van der Waals surface area contributed by atoms with Gasteiger partial charge in [0.1, 0.15) is 6.61 Å². The van der Waals surface area contributed by atoms with Crippen LogP contribution in [0.3, 0.4) is 0 Å². The molecule has 0 aromatic carbocycles. The summed E-state index contributed by atoms with van der Waals surface area (Å²) < 4.78 is 5.61. The summed E-state index contributed by atoms with van der Waals surface area (Å²) in [5, 5.41) is 10.4. The van der Waals surface area contributed by atoms with Gasteiger partial charge in [-0.1, -0.05) is 0 Å². The smallest absolute Gasteiger partial charge is 0.233 e. The summed E-state index contributed by atoms with van der Waals surface area (Å²) in [6.07, 6.45) is 2.67. The second-order valence-electron chi connectivity index (χ2n) is 4.70. The highest BCUT2D eigenvalue weighted by Gasteiger charge is 2.20. The van der Waals surface area contributed by atoms with Crippen molar-refractivity contribution in [3.63, 3.8) is 0 Å². The highest BCUT2D eigenvalue weighted by atomic mass is 32.1. The van der Waals surface area contributed by atoms with Gasteiger partial charge in [-0.25, -0.2) is 0 Å². The lowest BCUT2D eigenvalue weighted by molar-refractivity contribution is 0.297. The third-order valence-corrected chi connectivity index (χ3v) is 3.96. The van der Waals surface area contributed by atoms with Crippen LogP contribution in [0.25, 0.3) is 0 Å². The van der Waals surface area contributed by atoms with Gasteiger partial charge in [0.05, 0.1) is 0 Å². The van der Waals surface area contributed by atoms with Gasteiger partial charge in [0.2, 0.25) is 5.88 Å². The third-order valence-electron chi connectivity index (χ3n) is 2.90. The van der Waals surface area contributed by atoms with Gasteiger partial charge in [0.25, 0.3) is 0 Å². The summed E-state index contributed by atoms with van der Waals surface area (Å²) >= 11 is 1.80. The van der Waals surface area contributed by atoms with E-state index in [1.54, 1.807) is 11.3 Å². The first kappa shape index (κ1) is 11.7. The zero-order chi connectivity index (χ0) is 12.4. The number of hydrogen-bond acceptors (Lipinski definition) is 4. The highest BCUT2D eigenvalue weighted by Crippen LogP contribution is 2.22. The summed E-state index contributed by atoms with van der Waals surface area (Å²) in [6, 6.07) is 6.98. The van der Waals surface area contributed by atoms with Gasteiger partial charge in [0, 0.05) is 34.1 Å². The maximum Gasteiger partial charge on any atom is 0.233 e. The molecular formula is C13H17N3OS. The van der Waals surface area contributed by atoms with E-state index in [1.165, 1.54) is 22.6 Å². The first-order valence-corrected chi connectivity index (χ1v) is 7.07. The SMILES string of the molecule is Cc1cc(OCc2ccc(CNC3CC3)s2)n[nH]1. The van der Waals surface area contributed by atoms with Crippen molar-refractivity contribution in [1.29, 1.82) is 0 Å². The number of aryl methyl sites for hydroxylation is 1. The first-order valence-electron chi connectivity index (χ1n) is 6.25. The van der Waals surface area contributed by atoms with Crippen LogP contribution < -0.4 is 10.1 Å². The van der Waals surface area contributed by atoms with E-state index in [0.29, 0.717) is 12.5 Å². The van der Waals surface area contributed by atoms with Crippen LogP contribution in [0.5, 0.6) is 5.88 Å². The Bertz CT molecular complexity index is 516. The number of nitrogens with zero attached hydrogens (tertiary/aromatic N) is 1. The fourth-order valence-electron chi connectivity index (χ4n) is 1.74. The van der Waals surface area contributed by atoms with E-state index in [-0.39, 0.29) is 0 Å². The van der Waals surface area contributed by atoms with Gasteiger partial charge in [-0.2, -0.15) is 0 Å². The predicted molar refractivity (Wildman–Crippen MR) is 71.8 cm³/mol. The van der Waals surface area contributed by atoms with Crippen LogP contribution in [0.4, 0.5) is 0 Å². The molecule has 0 atom stereocenters. The van der Waals surface area contributed by atoms with Crippen LogP contribution in [-0.4, -0.2) is 16.2 Å². The van der Waals surface area contributed by atoms with Gasteiger partial charge in [-0.05, 0) is 31.9 Å². The lowest BCUT2D eigenvalue weighted by atomic mass is 10.4. The number of nitrogens with one attached hydrogen (secondary N) is 2. The summed E-state index contributed by atoms with van der Waals surface area (Å²) in [5.41, 5.74) is 1.02. The minimum absolute atomic E-state index is 0.596. The van der Waals surface area contributed by atoms with E-state index in [0.717, 1.165) is 18.3 Å². The van der Waals surface area contributed by atoms with Gasteiger partial charge < -0.3 is 10.1 Å². The van der Waals surface area contributed by atoms with E-state index < -0.39 is 0 Å². The molecule has 1 aliphatic rings. The standard InChI is InChI=1S/C13H17N3OS/c1-9-6-13(16-15-9)17-8-12-5-4-11(18-12)7-14-10-2-3-10/h4-6,10,14H,2-3,7-8H2,1H3,(H,15,16). The minimum Gasteiger partial charge on any atom is -0.471 e. The van der Waals surface area contributed by atoms with Crippen LogP contribution in [0.2, 0.25) is 0 Å². The largest absolute Gasteiger partial charge is 0.471 e. The number of ether oxygens (including phenoxy) is 1. The van der Waals surface area contributed by atoms with Gasteiger partial charge in [0.15, 0.2) is 0 Å². The number of hydrogen-bond donors (Lipinski definition) is 2. The van der Waals surface area contributed by atoms with Crippen LogP contribution >= 0.6 is 11.3 Å². The Balaban J connectivity index is 1.49. The van der Waals surface area contributed by atoms with Crippen molar-refractivity contribution in [2.45, 2.75) is 39.0 Å². The van der Waals surface area contributed by atoms with Crippen molar-refractivity contribution < 1.29 is 4.74 Å². The molecule has 0 radical (unpaired) electrons. The maximum atomic E-state index is 5.61. The van der Waals surface area contributed by atoms with E-state index in [1.807, 2.05) is 13.0 Å². The molecule has 4 nitrogen and oxygen atoms in total. The second kappa shape index (κ2) is 5.12. The lowest BCUT2D eigenvalue weighted by Crippen LogP contribution is -2.14. The lowest BCUT2D eigenvalue weighted by Gasteiger charge is -2.00. The molecule has 2 heterocycles. The number of aromatic nitrogens is 2. The molecule has 3 rings (SSSR count). The van der Waals surface area contributed by atoms with Crippen LogP contribution in [0, 0.1) is 6.92 Å². The van der Waals surface area contributed by atoms with E-state index in [4.69, 9.17) is 4.74 Å². The molecular weight excluding hydrogens is 246 g/mol. The van der Waals surface area contributed by atoms with E-state index in [2.05, 4.69) is 27.6 Å². The van der Waals surface area contributed by atoms with Crippen molar-refractivity contribution in [3.8, 4) is 5.88 Å². The Labute approximate surface area is 110 Å². The summed E-state index contributed by atoms with van der Waals surface area (Å²) in [7, 11) is 0. The second-order valence-corrected chi connectivity index (χ2v) is 5.95. The average molecular weight is 263 g/mol. The molecule has 1 saturated carbocycles.